The van der Waals surface area contributed by atoms with Gasteiger partial charge in [0.05, 0.1) is 8.07 Å². The summed E-state index contributed by atoms with van der Waals surface area (Å²) in [5.74, 6) is 0. The van der Waals surface area contributed by atoms with Gasteiger partial charge < -0.3 is 4.74 Å². The van der Waals surface area contributed by atoms with Crippen LogP contribution in [0.15, 0.2) is 18.2 Å². The summed E-state index contributed by atoms with van der Waals surface area (Å²) in [4.78, 5) is 14.2. The fourth-order valence-electron chi connectivity index (χ4n) is 2.56. The smallest absolute Gasteiger partial charge is 0.414 e. The lowest BCUT2D eigenvalue weighted by Gasteiger charge is -2.28. The van der Waals surface area contributed by atoms with E-state index in [1.807, 2.05) is 25.7 Å². The summed E-state index contributed by atoms with van der Waals surface area (Å²) in [6.07, 6.45) is 0.703. The average molecular weight is 291 g/mol. The summed E-state index contributed by atoms with van der Waals surface area (Å²) in [6.45, 7) is 13.4. The molecule has 0 spiro atoms. The number of carbonyl (C=O) groups excluding carboxylic acids is 1. The Hall–Kier alpha value is -1.29. The molecule has 1 aromatic carbocycles. The molecule has 0 N–H and O–H groups in total. The van der Waals surface area contributed by atoms with Crippen molar-refractivity contribution in [1.29, 1.82) is 0 Å². The minimum Gasteiger partial charge on any atom is -0.443 e. The lowest BCUT2D eigenvalue weighted by molar-refractivity contribution is 0.0584. The summed E-state index contributed by atoms with van der Waals surface area (Å²) in [5.41, 5.74) is 1.94. The van der Waals surface area contributed by atoms with Crippen LogP contribution >= 0.6 is 0 Å². The van der Waals surface area contributed by atoms with Crippen molar-refractivity contribution < 1.29 is 9.53 Å². The molecule has 0 aromatic heterocycles. The normalized spacial score (nSPS) is 15.2. The lowest BCUT2D eigenvalue weighted by atomic mass is 10.2. The molecule has 4 heteroatoms. The molecular formula is C16H25NO2Si. The van der Waals surface area contributed by atoms with Crippen molar-refractivity contribution in [3.8, 4) is 0 Å². The van der Waals surface area contributed by atoms with Crippen LogP contribution in [0.3, 0.4) is 0 Å². The van der Waals surface area contributed by atoms with Crippen LogP contribution in [0, 0.1) is 0 Å². The molecule has 0 bridgehead atoms. The number of hydrogen-bond acceptors (Lipinski definition) is 2. The van der Waals surface area contributed by atoms with Gasteiger partial charge >= 0.3 is 6.09 Å². The quantitative estimate of drug-likeness (QED) is 0.741. The van der Waals surface area contributed by atoms with E-state index < -0.39 is 13.7 Å². The summed E-state index contributed by atoms with van der Waals surface area (Å²) >= 11 is 0. The summed E-state index contributed by atoms with van der Waals surface area (Å²) in [7, 11) is -1.49. The van der Waals surface area contributed by atoms with Gasteiger partial charge in [0.1, 0.15) is 5.60 Å². The van der Waals surface area contributed by atoms with Gasteiger partial charge in [-0.2, -0.15) is 0 Å². The molecule has 3 nitrogen and oxygen atoms in total. The highest BCUT2D eigenvalue weighted by atomic mass is 28.3. The molecule has 0 saturated heterocycles. The Morgan fingerprint density at radius 3 is 2.45 bits per heavy atom. The molecule has 20 heavy (non-hydrogen) atoms. The number of carbonyl (C=O) groups is 1. The van der Waals surface area contributed by atoms with Gasteiger partial charge in [-0.15, -0.1) is 0 Å². The fourth-order valence-corrected chi connectivity index (χ4v) is 4.16. The third-order valence-electron chi connectivity index (χ3n) is 3.42. The van der Waals surface area contributed by atoms with Gasteiger partial charge in [-0.05, 0) is 37.9 Å². The lowest BCUT2D eigenvalue weighted by Crippen LogP contribution is -2.44. The molecular weight excluding hydrogens is 266 g/mol. The standard InChI is InChI=1S/C16H25NO2Si/c1-16(2,3)19-15(18)17-11-10-12-8-7-9-13(14(12)17)20(4,5)6/h7-9H,10-11H2,1-6H3. The van der Waals surface area contributed by atoms with Crippen LogP contribution < -0.4 is 10.1 Å². The second kappa shape index (κ2) is 4.92. The molecule has 0 unspecified atom stereocenters. The van der Waals surface area contributed by atoms with E-state index >= 15 is 0 Å². The van der Waals surface area contributed by atoms with Gasteiger partial charge in [-0.25, -0.2) is 4.79 Å². The van der Waals surface area contributed by atoms with Crippen LogP contribution in [-0.4, -0.2) is 26.3 Å². The maximum Gasteiger partial charge on any atom is 0.414 e. The number of amides is 1. The van der Waals surface area contributed by atoms with Gasteiger partial charge in [-0.1, -0.05) is 37.8 Å². The predicted octanol–water partition coefficient (Wildman–Crippen LogP) is 3.53. The number of anilines is 1. The number of hydrogen-bond donors (Lipinski definition) is 0. The fraction of sp³-hybridized carbons (Fsp3) is 0.562. The highest BCUT2D eigenvalue weighted by molar-refractivity contribution is 6.89. The van der Waals surface area contributed by atoms with Crippen molar-refractivity contribution in [2.24, 2.45) is 0 Å². The van der Waals surface area contributed by atoms with E-state index in [1.165, 1.54) is 10.8 Å². The van der Waals surface area contributed by atoms with Crippen LogP contribution in [0.4, 0.5) is 10.5 Å². The average Bonchev–Trinajstić information content (AvgIpc) is 2.68. The Bertz CT molecular complexity index is 526. The zero-order valence-corrected chi connectivity index (χ0v) is 14.4. The molecule has 110 valence electrons. The molecule has 1 aliphatic heterocycles. The van der Waals surface area contributed by atoms with Crippen LogP contribution in [-0.2, 0) is 11.2 Å². The van der Waals surface area contributed by atoms with Crippen molar-refractivity contribution in [3.63, 3.8) is 0 Å². The second-order valence-corrected chi connectivity index (χ2v) is 12.5. The van der Waals surface area contributed by atoms with Gasteiger partial charge in [0.25, 0.3) is 0 Å². The van der Waals surface area contributed by atoms with E-state index in [9.17, 15) is 4.79 Å². The van der Waals surface area contributed by atoms with Crippen LogP contribution in [0.5, 0.6) is 0 Å². The topological polar surface area (TPSA) is 29.5 Å². The van der Waals surface area contributed by atoms with E-state index in [1.54, 1.807) is 0 Å². The summed E-state index contributed by atoms with van der Waals surface area (Å²) in [6, 6.07) is 6.42. The minimum absolute atomic E-state index is 0.220. The van der Waals surface area contributed by atoms with Crippen molar-refractivity contribution >= 4 is 25.0 Å². The molecule has 0 aliphatic carbocycles. The van der Waals surface area contributed by atoms with Gasteiger partial charge in [-0.3, -0.25) is 4.90 Å². The SMILES string of the molecule is CC(C)(C)OC(=O)N1CCc2cccc([Si](C)(C)C)c21. The molecule has 0 fully saturated rings. The zero-order valence-electron chi connectivity index (χ0n) is 13.4. The van der Waals surface area contributed by atoms with Gasteiger partial charge in [0.15, 0.2) is 0 Å². The monoisotopic (exact) mass is 291 g/mol. The summed E-state index contributed by atoms with van der Waals surface area (Å²) in [5, 5.41) is 1.35. The van der Waals surface area contributed by atoms with E-state index in [0.717, 1.165) is 18.7 Å². The predicted molar refractivity (Wildman–Crippen MR) is 86.7 cm³/mol. The number of fused-ring (bicyclic) bond motifs is 1. The highest BCUT2D eigenvalue weighted by Crippen LogP contribution is 2.29. The van der Waals surface area contributed by atoms with E-state index in [-0.39, 0.29) is 6.09 Å². The van der Waals surface area contributed by atoms with Crippen LogP contribution in [0.1, 0.15) is 26.3 Å². The first-order valence-electron chi connectivity index (χ1n) is 7.22. The molecule has 0 radical (unpaired) electrons. The van der Waals surface area contributed by atoms with E-state index in [2.05, 4.69) is 37.8 Å². The Morgan fingerprint density at radius 2 is 1.90 bits per heavy atom. The molecule has 1 aromatic rings. The van der Waals surface area contributed by atoms with Gasteiger partial charge in [0.2, 0.25) is 0 Å². The molecule has 0 atom stereocenters. The highest BCUT2D eigenvalue weighted by Gasteiger charge is 2.33. The number of nitrogens with zero attached hydrogens (tertiary/aromatic N) is 1. The first-order chi connectivity index (χ1) is 9.09. The van der Waals surface area contributed by atoms with Crippen LogP contribution in [0.25, 0.3) is 0 Å². The Morgan fingerprint density at radius 1 is 1.25 bits per heavy atom. The van der Waals surface area contributed by atoms with E-state index in [0.29, 0.717) is 0 Å². The zero-order chi connectivity index (χ0) is 15.1. The Labute approximate surface area is 122 Å². The van der Waals surface area contributed by atoms with Crippen molar-refractivity contribution in [2.45, 2.75) is 52.4 Å². The number of para-hydroxylation sites is 1. The molecule has 0 saturated carbocycles. The molecule has 2 rings (SSSR count). The van der Waals surface area contributed by atoms with Crippen molar-refractivity contribution in [1.82, 2.24) is 0 Å². The molecule has 1 aliphatic rings. The van der Waals surface area contributed by atoms with Gasteiger partial charge in [0, 0.05) is 12.2 Å². The maximum atomic E-state index is 12.4. The number of benzene rings is 1. The second-order valence-electron chi connectivity index (χ2n) is 7.45. The Balaban J connectivity index is 2.39. The largest absolute Gasteiger partial charge is 0.443 e. The Kier molecular flexibility index (Phi) is 3.71. The first kappa shape index (κ1) is 15.1. The number of rotatable bonds is 1. The van der Waals surface area contributed by atoms with E-state index in [4.69, 9.17) is 4.74 Å². The third kappa shape index (κ3) is 3.06. The first-order valence-corrected chi connectivity index (χ1v) is 10.7. The third-order valence-corrected chi connectivity index (χ3v) is 5.44. The van der Waals surface area contributed by atoms with Crippen molar-refractivity contribution in [3.05, 3.63) is 23.8 Å². The summed E-state index contributed by atoms with van der Waals surface area (Å²) < 4.78 is 5.55. The minimum atomic E-state index is -1.49. The van der Waals surface area contributed by atoms with Crippen LogP contribution in [0.2, 0.25) is 19.6 Å². The maximum absolute atomic E-state index is 12.4. The number of ether oxygens (including phenoxy) is 1. The molecule has 1 amide bonds. The van der Waals surface area contributed by atoms with Crippen molar-refractivity contribution in [2.75, 3.05) is 11.4 Å². The molecule has 1 heterocycles.